The maximum Gasteiger partial charge on any atom is 0.251 e. The summed E-state index contributed by atoms with van der Waals surface area (Å²) in [5, 5.41) is 3.07. The fourth-order valence-electron chi connectivity index (χ4n) is 3.99. The van der Waals surface area contributed by atoms with Crippen LogP contribution >= 0.6 is 0 Å². The van der Waals surface area contributed by atoms with Crippen LogP contribution in [-0.2, 0) is 12.8 Å². The maximum atomic E-state index is 12.4. The molecule has 3 heteroatoms. The van der Waals surface area contributed by atoms with Gasteiger partial charge in [0.05, 0.1) is 0 Å². The van der Waals surface area contributed by atoms with Crippen molar-refractivity contribution in [2.45, 2.75) is 84.0 Å². The Balaban J connectivity index is 1.57. The molecule has 0 aliphatic carbocycles. The number of amides is 1. The standard InChI is InChI=1S/C29H44N2O/c1-4-5-6-7-8-9-10-11-12-13-24-30-29(32)27-20-16-25(17-21-27)14-15-26-18-22-28(23-19-26)31(2)3/h16-23H,4-15,24H2,1-3H3,(H,30,32). The summed E-state index contributed by atoms with van der Waals surface area (Å²) in [6.07, 6.45) is 15.2. The number of nitrogens with zero attached hydrogens (tertiary/aromatic N) is 1. The average molecular weight is 437 g/mol. The molecular formula is C29H44N2O. The summed E-state index contributed by atoms with van der Waals surface area (Å²) in [6.45, 7) is 3.04. The quantitative estimate of drug-likeness (QED) is 0.282. The van der Waals surface area contributed by atoms with Crippen molar-refractivity contribution < 1.29 is 4.79 Å². The zero-order valence-electron chi connectivity index (χ0n) is 20.7. The summed E-state index contributed by atoms with van der Waals surface area (Å²) < 4.78 is 0. The summed E-state index contributed by atoms with van der Waals surface area (Å²) >= 11 is 0. The van der Waals surface area contributed by atoms with Crippen LogP contribution in [0.3, 0.4) is 0 Å². The fraction of sp³-hybridized carbons (Fsp3) is 0.552. The van der Waals surface area contributed by atoms with Crippen LogP contribution in [0.5, 0.6) is 0 Å². The molecule has 2 rings (SSSR count). The van der Waals surface area contributed by atoms with E-state index in [4.69, 9.17) is 0 Å². The Morgan fingerprint density at radius 2 is 1.16 bits per heavy atom. The number of rotatable bonds is 16. The van der Waals surface area contributed by atoms with Gasteiger partial charge in [-0.3, -0.25) is 4.79 Å². The highest BCUT2D eigenvalue weighted by atomic mass is 16.1. The molecule has 32 heavy (non-hydrogen) atoms. The fourth-order valence-corrected chi connectivity index (χ4v) is 3.99. The van der Waals surface area contributed by atoms with Crippen molar-refractivity contribution in [3.8, 4) is 0 Å². The Bertz CT molecular complexity index is 750. The van der Waals surface area contributed by atoms with E-state index in [1.54, 1.807) is 0 Å². The minimum absolute atomic E-state index is 0.0479. The highest BCUT2D eigenvalue weighted by Crippen LogP contribution is 2.15. The van der Waals surface area contributed by atoms with Crippen molar-refractivity contribution in [1.29, 1.82) is 0 Å². The summed E-state index contributed by atoms with van der Waals surface area (Å²) in [4.78, 5) is 14.5. The highest BCUT2D eigenvalue weighted by molar-refractivity contribution is 5.94. The van der Waals surface area contributed by atoms with E-state index in [1.165, 1.54) is 74.6 Å². The lowest BCUT2D eigenvalue weighted by molar-refractivity contribution is 0.0953. The Morgan fingerprint density at radius 1 is 0.688 bits per heavy atom. The largest absolute Gasteiger partial charge is 0.378 e. The second kappa shape index (κ2) is 15.5. The number of carbonyl (C=O) groups is 1. The number of benzene rings is 2. The lowest BCUT2D eigenvalue weighted by Gasteiger charge is -2.12. The second-order valence-corrected chi connectivity index (χ2v) is 9.20. The highest BCUT2D eigenvalue weighted by Gasteiger charge is 2.05. The molecule has 1 N–H and O–H groups in total. The number of nitrogens with one attached hydrogen (secondary N) is 1. The Morgan fingerprint density at radius 3 is 1.66 bits per heavy atom. The van der Waals surface area contributed by atoms with Crippen LogP contribution in [0, 0.1) is 0 Å². The third-order valence-electron chi connectivity index (χ3n) is 6.19. The van der Waals surface area contributed by atoms with Crippen LogP contribution in [0.15, 0.2) is 48.5 Å². The summed E-state index contributed by atoms with van der Waals surface area (Å²) in [5.41, 5.74) is 4.60. The predicted molar refractivity (Wildman–Crippen MR) is 139 cm³/mol. The van der Waals surface area contributed by atoms with E-state index >= 15 is 0 Å². The molecule has 3 nitrogen and oxygen atoms in total. The maximum absolute atomic E-state index is 12.4. The lowest BCUT2D eigenvalue weighted by atomic mass is 10.0. The van der Waals surface area contributed by atoms with Crippen molar-refractivity contribution in [1.82, 2.24) is 5.32 Å². The van der Waals surface area contributed by atoms with E-state index in [-0.39, 0.29) is 5.91 Å². The van der Waals surface area contributed by atoms with Gasteiger partial charge in [-0.15, -0.1) is 0 Å². The van der Waals surface area contributed by atoms with Gasteiger partial charge < -0.3 is 10.2 Å². The first-order chi connectivity index (χ1) is 15.6. The van der Waals surface area contributed by atoms with Crippen molar-refractivity contribution in [2.75, 3.05) is 25.5 Å². The van der Waals surface area contributed by atoms with Gasteiger partial charge >= 0.3 is 0 Å². The monoisotopic (exact) mass is 436 g/mol. The van der Waals surface area contributed by atoms with Crippen molar-refractivity contribution in [3.05, 3.63) is 65.2 Å². The molecule has 0 saturated heterocycles. The molecule has 2 aromatic rings. The topological polar surface area (TPSA) is 32.3 Å². The molecule has 176 valence electrons. The smallest absolute Gasteiger partial charge is 0.251 e. The molecule has 0 spiro atoms. The van der Waals surface area contributed by atoms with Crippen molar-refractivity contribution in [3.63, 3.8) is 0 Å². The number of hydrogen-bond donors (Lipinski definition) is 1. The first kappa shape index (κ1) is 26.0. The van der Waals surface area contributed by atoms with Crippen LogP contribution in [0.1, 0.15) is 92.6 Å². The van der Waals surface area contributed by atoms with Gasteiger partial charge in [-0.2, -0.15) is 0 Å². The van der Waals surface area contributed by atoms with Gasteiger partial charge in [-0.05, 0) is 54.7 Å². The normalized spacial score (nSPS) is 10.8. The van der Waals surface area contributed by atoms with Gasteiger partial charge in [-0.25, -0.2) is 0 Å². The molecule has 0 aromatic heterocycles. The molecule has 0 radical (unpaired) electrons. The van der Waals surface area contributed by atoms with E-state index < -0.39 is 0 Å². The molecule has 0 bridgehead atoms. The third-order valence-corrected chi connectivity index (χ3v) is 6.19. The lowest BCUT2D eigenvalue weighted by Crippen LogP contribution is -2.24. The molecule has 1 amide bonds. The Kier molecular flexibility index (Phi) is 12.6. The van der Waals surface area contributed by atoms with Gasteiger partial charge in [0.2, 0.25) is 0 Å². The molecule has 0 aliphatic rings. The van der Waals surface area contributed by atoms with Crippen LogP contribution < -0.4 is 10.2 Å². The molecule has 0 aliphatic heterocycles. The molecular weight excluding hydrogens is 392 g/mol. The molecule has 0 unspecified atom stereocenters. The molecule has 0 fully saturated rings. The van der Waals surface area contributed by atoms with Gasteiger partial charge in [-0.1, -0.05) is 89.0 Å². The number of unbranched alkanes of at least 4 members (excludes halogenated alkanes) is 9. The van der Waals surface area contributed by atoms with E-state index in [2.05, 4.69) is 67.6 Å². The molecule has 2 aromatic carbocycles. The van der Waals surface area contributed by atoms with Crippen molar-refractivity contribution in [2.24, 2.45) is 0 Å². The Labute approximate surface area is 196 Å². The van der Waals surface area contributed by atoms with Crippen LogP contribution in [-0.4, -0.2) is 26.5 Å². The first-order valence-electron chi connectivity index (χ1n) is 12.7. The molecule has 0 atom stereocenters. The van der Waals surface area contributed by atoms with Crippen LogP contribution in [0.2, 0.25) is 0 Å². The SMILES string of the molecule is CCCCCCCCCCCCNC(=O)c1ccc(CCc2ccc(N(C)C)cc2)cc1. The van der Waals surface area contributed by atoms with Gasteiger partial charge in [0, 0.05) is 31.9 Å². The predicted octanol–water partition coefficient (Wildman–Crippen LogP) is 7.19. The van der Waals surface area contributed by atoms with E-state index in [1.807, 2.05) is 12.1 Å². The summed E-state index contributed by atoms with van der Waals surface area (Å²) in [6, 6.07) is 16.8. The van der Waals surface area contributed by atoms with E-state index in [0.29, 0.717) is 0 Å². The van der Waals surface area contributed by atoms with Gasteiger partial charge in [0.1, 0.15) is 0 Å². The van der Waals surface area contributed by atoms with Gasteiger partial charge in [0.15, 0.2) is 0 Å². The van der Waals surface area contributed by atoms with Crippen LogP contribution in [0.4, 0.5) is 5.69 Å². The molecule has 0 heterocycles. The zero-order valence-corrected chi connectivity index (χ0v) is 20.7. The average Bonchev–Trinajstić information content (AvgIpc) is 2.81. The minimum Gasteiger partial charge on any atom is -0.378 e. The van der Waals surface area contributed by atoms with Crippen molar-refractivity contribution >= 4 is 11.6 Å². The summed E-state index contributed by atoms with van der Waals surface area (Å²) in [7, 11) is 4.12. The second-order valence-electron chi connectivity index (χ2n) is 9.20. The van der Waals surface area contributed by atoms with E-state index in [9.17, 15) is 4.79 Å². The van der Waals surface area contributed by atoms with Crippen LogP contribution in [0.25, 0.3) is 0 Å². The first-order valence-corrected chi connectivity index (χ1v) is 12.7. The minimum atomic E-state index is 0.0479. The number of anilines is 1. The number of hydrogen-bond acceptors (Lipinski definition) is 2. The Hall–Kier alpha value is -2.29. The number of aryl methyl sites for hydroxylation is 2. The molecule has 0 saturated carbocycles. The zero-order chi connectivity index (χ0) is 23.0. The number of carbonyl (C=O) groups excluding carboxylic acids is 1. The van der Waals surface area contributed by atoms with E-state index in [0.717, 1.165) is 31.4 Å². The van der Waals surface area contributed by atoms with Gasteiger partial charge in [0.25, 0.3) is 5.91 Å². The third kappa shape index (κ3) is 10.3. The summed E-state index contributed by atoms with van der Waals surface area (Å²) in [5.74, 6) is 0.0479.